The lowest BCUT2D eigenvalue weighted by Crippen LogP contribution is -2.47. The molecule has 0 bridgehead atoms. The van der Waals surface area contributed by atoms with Crippen molar-refractivity contribution in [2.24, 2.45) is 11.7 Å². The Balaban J connectivity index is 1.80. The van der Waals surface area contributed by atoms with E-state index in [0.29, 0.717) is 12.1 Å². The molecule has 0 radical (unpaired) electrons. The van der Waals surface area contributed by atoms with E-state index in [2.05, 4.69) is 46.0 Å². The fourth-order valence-electron chi connectivity index (χ4n) is 4.07. The first-order chi connectivity index (χ1) is 9.72. The van der Waals surface area contributed by atoms with Crippen LogP contribution in [0.4, 0.5) is 0 Å². The van der Waals surface area contributed by atoms with E-state index in [4.69, 9.17) is 5.73 Å². The van der Waals surface area contributed by atoms with E-state index >= 15 is 0 Å². The molecule has 1 aromatic rings. The molecule has 1 heterocycles. The molecule has 1 aliphatic heterocycles. The Labute approximate surface area is 130 Å². The van der Waals surface area contributed by atoms with Crippen LogP contribution in [0.5, 0.6) is 0 Å². The van der Waals surface area contributed by atoms with Gasteiger partial charge >= 0.3 is 0 Å². The lowest BCUT2D eigenvalue weighted by Gasteiger charge is -2.42. The van der Waals surface area contributed by atoms with Crippen LogP contribution in [0.15, 0.2) is 22.7 Å². The smallest absolute Gasteiger partial charge is 0.0357 e. The Morgan fingerprint density at radius 2 is 2.20 bits per heavy atom. The monoisotopic (exact) mass is 336 g/mol. The predicted molar refractivity (Wildman–Crippen MR) is 87.8 cm³/mol. The van der Waals surface area contributed by atoms with Crippen molar-refractivity contribution in [2.45, 2.75) is 51.1 Å². The summed E-state index contributed by atoms with van der Waals surface area (Å²) in [4.78, 5) is 2.70. The molecule has 3 heteroatoms. The van der Waals surface area contributed by atoms with Crippen molar-refractivity contribution in [1.29, 1.82) is 0 Å². The Kier molecular flexibility index (Phi) is 4.49. The van der Waals surface area contributed by atoms with Gasteiger partial charge < -0.3 is 5.73 Å². The van der Waals surface area contributed by atoms with Gasteiger partial charge in [-0.3, -0.25) is 4.90 Å². The normalized spacial score (nSPS) is 30.4. The van der Waals surface area contributed by atoms with Gasteiger partial charge in [-0.1, -0.05) is 35.3 Å². The van der Waals surface area contributed by atoms with Gasteiger partial charge in [0.05, 0.1) is 0 Å². The average molecular weight is 337 g/mol. The van der Waals surface area contributed by atoms with Crippen LogP contribution in [0.25, 0.3) is 0 Å². The van der Waals surface area contributed by atoms with Gasteiger partial charge in [0.15, 0.2) is 0 Å². The lowest BCUT2D eigenvalue weighted by molar-refractivity contribution is 0.0702. The van der Waals surface area contributed by atoms with E-state index in [0.717, 1.165) is 12.5 Å². The Bertz CT molecular complexity index is 474. The highest BCUT2D eigenvalue weighted by molar-refractivity contribution is 9.10. The highest BCUT2D eigenvalue weighted by atomic mass is 79.9. The molecular weight excluding hydrogens is 312 g/mol. The molecule has 3 unspecified atom stereocenters. The molecule has 20 heavy (non-hydrogen) atoms. The van der Waals surface area contributed by atoms with E-state index < -0.39 is 0 Å². The minimum absolute atomic E-state index is 0.577. The van der Waals surface area contributed by atoms with Crippen molar-refractivity contribution in [3.05, 3.63) is 33.8 Å². The number of rotatable bonds is 3. The minimum Gasteiger partial charge on any atom is -0.329 e. The molecule has 1 saturated heterocycles. The van der Waals surface area contributed by atoms with Crippen LogP contribution in [0.1, 0.15) is 49.8 Å². The Hall–Kier alpha value is -0.380. The largest absolute Gasteiger partial charge is 0.329 e. The van der Waals surface area contributed by atoms with Gasteiger partial charge in [0.25, 0.3) is 0 Å². The summed E-state index contributed by atoms with van der Waals surface area (Å²) >= 11 is 3.59. The van der Waals surface area contributed by atoms with Gasteiger partial charge in [-0.25, -0.2) is 0 Å². The number of piperidine rings is 1. The van der Waals surface area contributed by atoms with Crippen molar-refractivity contribution in [3.8, 4) is 0 Å². The molecule has 2 N–H and O–H groups in total. The zero-order valence-electron chi connectivity index (χ0n) is 12.3. The number of hydrogen-bond acceptors (Lipinski definition) is 2. The fourth-order valence-corrected chi connectivity index (χ4v) is 4.48. The Morgan fingerprint density at radius 3 is 2.95 bits per heavy atom. The van der Waals surface area contributed by atoms with Crippen LogP contribution in [0.2, 0.25) is 0 Å². The third-order valence-electron chi connectivity index (χ3n) is 5.27. The van der Waals surface area contributed by atoms with Gasteiger partial charge in [-0.05, 0) is 61.4 Å². The van der Waals surface area contributed by atoms with Crippen LogP contribution in [-0.4, -0.2) is 24.0 Å². The van der Waals surface area contributed by atoms with E-state index in [1.807, 2.05) is 0 Å². The molecule has 3 atom stereocenters. The second-order valence-electron chi connectivity index (χ2n) is 6.32. The summed E-state index contributed by atoms with van der Waals surface area (Å²) in [5.74, 6) is 0.880. The number of aryl methyl sites for hydroxylation is 1. The van der Waals surface area contributed by atoms with Gasteiger partial charge in [0.2, 0.25) is 0 Å². The number of nitrogens with zero attached hydrogens (tertiary/aromatic N) is 1. The summed E-state index contributed by atoms with van der Waals surface area (Å²) in [6.45, 7) is 4.34. The molecule has 1 aromatic carbocycles. The summed E-state index contributed by atoms with van der Waals surface area (Å²) in [5, 5.41) is 0. The first kappa shape index (κ1) is 14.6. The number of likely N-dealkylation sites (tertiary alicyclic amines) is 1. The van der Waals surface area contributed by atoms with Gasteiger partial charge in [-0.2, -0.15) is 0 Å². The van der Waals surface area contributed by atoms with Gasteiger partial charge in [-0.15, -0.1) is 0 Å². The minimum atomic E-state index is 0.577. The molecular formula is C17H25BrN2. The third-order valence-corrected chi connectivity index (χ3v) is 5.76. The fraction of sp³-hybridized carbons (Fsp3) is 0.647. The number of nitrogens with two attached hydrogens (primary N) is 1. The SMILES string of the molecule is CCC1CCN(C2CCc3cc(Br)ccc32)C(CN)C1. The molecule has 110 valence electrons. The van der Waals surface area contributed by atoms with E-state index in [-0.39, 0.29) is 0 Å². The maximum Gasteiger partial charge on any atom is 0.0357 e. The van der Waals surface area contributed by atoms with Crippen molar-refractivity contribution < 1.29 is 0 Å². The van der Waals surface area contributed by atoms with E-state index in [9.17, 15) is 0 Å². The summed E-state index contributed by atoms with van der Waals surface area (Å²) in [6, 6.07) is 7.98. The second-order valence-corrected chi connectivity index (χ2v) is 7.24. The summed E-state index contributed by atoms with van der Waals surface area (Å²) in [5.41, 5.74) is 9.14. The highest BCUT2D eigenvalue weighted by Gasteiger charge is 2.35. The van der Waals surface area contributed by atoms with Crippen molar-refractivity contribution in [2.75, 3.05) is 13.1 Å². The molecule has 0 amide bonds. The van der Waals surface area contributed by atoms with Crippen LogP contribution in [-0.2, 0) is 6.42 Å². The maximum absolute atomic E-state index is 6.07. The van der Waals surface area contributed by atoms with Crippen LogP contribution in [0.3, 0.4) is 0 Å². The first-order valence-electron chi connectivity index (χ1n) is 7.97. The van der Waals surface area contributed by atoms with E-state index in [1.54, 1.807) is 5.56 Å². The van der Waals surface area contributed by atoms with E-state index in [1.165, 1.54) is 48.7 Å². The topological polar surface area (TPSA) is 29.3 Å². The van der Waals surface area contributed by atoms with Crippen molar-refractivity contribution in [3.63, 3.8) is 0 Å². The summed E-state index contributed by atoms with van der Waals surface area (Å²) in [7, 11) is 0. The predicted octanol–water partition coefficient (Wildman–Crippen LogP) is 3.89. The Morgan fingerprint density at radius 1 is 1.35 bits per heavy atom. The standard InChI is InChI=1S/C17H25BrN2/c1-2-12-7-8-20(15(9-12)11-19)17-6-3-13-10-14(18)4-5-16(13)17/h4-5,10,12,15,17H,2-3,6-9,11,19H2,1H3. The lowest BCUT2D eigenvalue weighted by atomic mass is 9.87. The molecule has 3 rings (SSSR count). The number of benzene rings is 1. The number of fused-ring (bicyclic) bond motifs is 1. The molecule has 1 aliphatic carbocycles. The quantitative estimate of drug-likeness (QED) is 0.907. The highest BCUT2D eigenvalue weighted by Crippen LogP contribution is 2.40. The molecule has 2 nitrogen and oxygen atoms in total. The molecule has 0 spiro atoms. The first-order valence-corrected chi connectivity index (χ1v) is 8.76. The van der Waals surface area contributed by atoms with Crippen LogP contribution in [0, 0.1) is 5.92 Å². The van der Waals surface area contributed by atoms with Gasteiger partial charge in [0.1, 0.15) is 0 Å². The summed E-state index contributed by atoms with van der Waals surface area (Å²) in [6.07, 6.45) is 6.41. The van der Waals surface area contributed by atoms with Crippen molar-refractivity contribution >= 4 is 15.9 Å². The number of halogens is 1. The van der Waals surface area contributed by atoms with Crippen molar-refractivity contribution in [1.82, 2.24) is 4.90 Å². The molecule has 1 fully saturated rings. The van der Waals surface area contributed by atoms with Crippen LogP contribution < -0.4 is 5.73 Å². The van der Waals surface area contributed by atoms with Crippen LogP contribution >= 0.6 is 15.9 Å². The molecule has 0 saturated carbocycles. The molecule has 0 aromatic heterocycles. The third kappa shape index (κ3) is 2.68. The summed E-state index contributed by atoms with van der Waals surface area (Å²) < 4.78 is 1.21. The number of hydrogen-bond donors (Lipinski definition) is 1. The average Bonchev–Trinajstić information content (AvgIpc) is 2.89. The second kappa shape index (κ2) is 6.17. The van der Waals surface area contributed by atoms with Gasteiger partial charge in [0, 0.05) is 23.1 Å². The zero-order valence-corrected chi connectivity index (χ0v) is 13.9. The maximum atomic E-state index is 6.07. The molecule has 2 aliphatic rings. The zero-order chi connectivity index (χ0) is 14.1.